The summed E-state index contributed by atoms with van der Waals surface area (Å²) in [5, 5.41) is 3.25. The summed E-state index contributed by atoms with van der Waals surface area (Å²) in [7, 11) is 0. The summed E-state index contributed by atoms with van der Waals surface area (Å²) in [5.74, 6) is 4.81. The van der Waals surface area contributed by atoms with Crippen LogP contribution in [0.1, 0.15) is 15.9 Å². The van der Waals surface area contributed by atoms with Crippen molar-refractivity contribution < 1.29 is 4.79 Å². The fraction of sp³-hybridized carbons (Fsp3) is 0.100. The van der Waals surface area contributed by atoms with Crippen molar-refractivity contribution in [2.45, 2.75) is 0 Å². The van der Waals surface area contributed by atoms with E-state index in [2.05, 4.69) is 21.9 Å². The largest absolute Gasteiger partial charge is 0.366 e. The van der Waals surface area contributed by atoms with Gasteiger partial charge < -0.3 is 5.73 Å². The number of azide groups is 1. The molecular formula is C10H8N4O. The zero-order valence-corrected chi connectivity index (χ0v) is 7.84. The number of hydrogen-bond donors (Lipinski definition) is 1. The maximum absolute atomic E-state index is 11.0. The monoisotopic (exact) mass is 200 g/mol. The Kier molecular flexibility index (Phi) is 3.78. The van der Waals surface area contributed by atoms with Crippen LogP contribution in [0.4, 0.5) is 0 Å². The predicted molar refractivity (Wildman–Crippen MR) is 55.9 cm³/mol. The van der Waals surface area contributed by atoms with Gasteiger partial charge in [-0.2, -0.15) is 0 Å². The van der Waals surface area contributed by atoms with Gasteiger partial charge in [-0.25, -0.2) is 0 Å². The second-order valence-corrected chi connectivity index (χ2v) is 2.60. The molecule has 0 saturated carbocycles. The highest BCUT2D eigenvalue weighted by Gasteiger charge is 2.03. The molecule has 1 aromatic carbocycles. The van der Waals surface area contributed by atoms with Crippen molar-refractivity contribution in [1.82, 2.24) is 0 Å². The lowest BCUT2D eigenvalue weighted by Gasteiger charge is -1.97. The van der Waals surface area contributed by atoms with Crippen molar-refractivity contribution in [2.75, 3.05) is 6.54 Å². The number of amides is 1. The van der Waals surface area contributed by atoms with Crippen molar-refractivity contribution in [3.8, 4) is 11.8 Å². The van der Waals surface area contributed by atoms with Gasteiger partial charge >= 0.3 is 0 Å². The van der Waals surface area contributed by atoms with Gasteiger partial charge in [-0.05, 0) is 17.7 Å². The molecule has 2 N–H and O–H groups in total. The number of rotatable bonds is 2. The molecule has 0 unspecified atom stereocenters. The Morgan fingerprint density at radius 3 is 2.93 bits per heavy atom. The van der Waals surface area contributed by atoms with Gasteiger partial charge in [-0.15, -0.1) is 0 Å². The lowest BCUT2D eigenvalue weighted by Crippen LogP contribution is -2.12. The van der Waals surface area contributed by atoms with Crippen LogP contribution in [-0.2, 0) is 0 Å². The van der Waals surface area contributed by atoms with Crippen molar-refractivity contribution in [1.29, 1.82) is 0 Å². The molecule has 15 heavy (non-hydrogen) atoms. The van der Waals surface area contributed by atoms with E-state index in [4.69, 9.17) is 11.3 Å². The molecule has 0 bridgehead atoms. The molecule has 0 atom stereocenters. The van der Waals surface area contributed by atoms with E-state index in [-0.39, 0.29) is 6.54 Å². The maximum Gasteiger partial charge on any atom is 0.249 e. The summed E-state index contributed by atoms with van der Waals surface area (Å²) >= 11 is 0. The van der Waals surface area contributed by atoms with E-state index < -0.39 is 5.91 Å². The van der Waals surface area contributed by atoms with Crippen LogP contribution in [0.15, 0.2) is 29.4 Å². The van der Waals surface area contributed by atoms with Crippen LogP contribution in [0.2, 0.25) is 0 Å². The fourth-order valence-corrected chi connectivity index (χ4v) is 1.01. The molecule has 0 aromatic heterocycles. The van der Waals surface area contributed by atoms with Gasteiger partial charge in [0.15, 0.2) is 0 Å². The second kappa shape index (κ2) is 5.32. The minimum Gasteiger partial charge on any atom is -0.366 e. The first-order valence-electron chi connectivity index (χ1n) is 4.14. The molecule has 0 heterocycles. The van der Waals surface area contributed by atoms with Crippen molar-refractivity contribution in [3.05, 3.63) is 45.8 Å². The molecule has 0 saturated heterocycles. The third-order valence-corrected chi connectivity index (χ3v) is 1.63. The minimum absolute atomic E-state index is 0.0730. The number of nitrogens with two attached hydrogens (primary N) is 1. The molecule has 0 aliphatic carbocycles. The highest BCUT2D eigenvalue weighted by Crippen LogP contribution is 2.05. The Balaban J connectivity index is 2.96. The number of nitrogens with zero attached hydrogens (tertiary/aromatic N) is 3. The van der Waals surface area contributed by atoms with Crippen LogP contribution in [0.25, 0.3) is 10.4 Å². The highest BCUT2D eigenvalue weighted by molar-refractivity contribution is 5.95. The molecule has 0 spiro atoms. The molecule has 1 aromatic rings. The Hall–Kier alpha value is -2.44. The molecule has 0 fully saturated rings. The van der Waals surface area contributed by atoms with Gasteiger partial charge in [0.2, 0.25) is 5.91 Å². The fourth-order valence-electron chi connectivity index (χ4n) is 1.01. The van der Waals surface area contributed by atoms with Crippen molar-refractivity contribution >= 4 is 5.91 Å². The zero-order valence-electron chi connectivity index (χ0n) is 7.84. The van der Waals surface area contributed by atoms with E-state index in [0.717, 1.165) is 0 Å². The topological polar surface area (TPSA) is 91.8 Å². The Morgan fingerprint density at radius 1 is 1.53 bits per heavy atom. The molecular weight excluding hydrogens is 192 g/mol. The minimum atomic E-state index is -0.524. The van der Waals surface area contributed by atoms with E-state index >= 15 is 0 Å². The third-order valence-electron chi connectivity index (χ3n) is 1.63. The SMILES string of the molecule is [N-]=[N+]=NCC#Cc1ccccc1C(N)=O. The summed E-state index contributed by atoms with van der Waals surface area (Å²) in [6, 6.07) is 6.74. The van der Waals surface area contributed by atoms with Crippen LogP contribution < -0.4 is 5.73 Å². The van der Waals surface area contributed by atoms with E-state index in [0.29, 0.717) is 11.1 Å². The van der Waals surface area contributed by atoms with E-state index in [9.17, 15) is 4.79 Å². The zero-order chi connectivity index (χ0) is 11.1. The van der Waals surface area contributed by atoms with Crippen LogP contribution in [0.5, 0.6) is 0 Å². The Bertz CT molecular complexity index is 478. The number of carbonyl (C=O) groups is 1. The Labute approximate surface area is 86.5 Å². The summed E-state index contributed by atoms with van der Waals surface area (Å²) < 4.78 is 0. The van der Waals surface area contributed by atoms with Crippen LogP contribution >= 0.6 is 0 Å². The van der Waals surface area contributed by atoms with Crippen molar-refractivity contribution in [3.63, 3.8) is 0 Å². The third kappa shape index (κ3) is 3.07. The first-order chi connectivity index (χ1) is 7.25. The second-order valence-electron chi connectivity index (χ2n) is 2.60. The van der Waals surface area contributed by atoms with E-state index in [1.165, 1.54) is 0 Å². The average molecular weight is 200 g/mol. The summed E-state index contributed by atoms with van der Waals surface area (Å²) in [6.07, 6.45) is 0. The molecule has 0 aliphatic heterocycles. The van der Waals surface area contributed by atoms with E-state index in [1.807, 2.05) is 0 Å². The van der Waals surface area contributed by atoms with Gasteiger partial charge in [0, 0.05) is 10.5 Å². The van der Waals surface area contributed by atoms with E-state index in [1.54, 1.807) is 24.3 Å². The number of hydrogen-bond acceptors (Lipinski definition) is 2. The first kappa shape index (κ1) is 10.6. The van der Waals surface area contributed by atoms with Crippen LogP contribution in [0.3, 0.4) is 0 Å². The molecule has 0 radical (unpaired) electrons. The quantitative estimate of drug-likeness (QED) is 0.332. The number of benzene rings is 1. The molecule has 74 valence electrons. The molecule has 0 aliphatic rings. The smallest absolute Gasteiger partial charge is 0.249 e. The summed E-state index contributed by atoms with van der Waals surface area (Å²) in [6.45, 7) is 0.0730. The molecule has 1 rings (SSSR count). The standard InChI is InChI=1S/C10H8N4O/c11-10(15)9-6-2-1-4-8(9)5-3-7-13-14-12/h1-2,4,6H,7H2,(H2,11,15). The van der Waals surface area contributed by atoms with Gasteiger partial charge in [0.05, 0.1) is 12.1 Å². The van der Waals surface area contributed by atoms with Crippen LogP contribution in [-0.4, -0.2) is 12.5 Å². The molecule has 1 amide bonds. The molecule has 5 nitrogen and oxygen atoms in total. The predicted octanol–water partition coefficient (Wildman–Crippen LogP) is 1.45. The van der Waals surface area contributed by atoms with Crippen molar-refractivity contribution in [2.24, 2.45) is 10.8 Å². The number of carbonyl (C=O) groups excluding carboxylic acids is 1. The molecule has 5 heteroatoms. The lowest BCUT2D eigenvalue weighted by molar-refractivity contribution is 0.1000. The summed E-state index contributed by atoms with van der Waals surface area (Å²) in [5.41, 5.74) is 14.1. The van der Waals surface area contributed by atoms with Gasteiger partial charge in [-0.3, -0.25) is 4.79 Å². The normalized spacial score (nSPS) is 8.27. The maximum atomic E-state index is 11.0. The average Bonchev–Trinajstić information content (AvgIpc) is 2.25. The van der Waals surface area contributed by atoms with Gasteiger partial charge in [-0.1, -0.05) is 29.1 Å². The Morgan fingerprint density at radius 2 is 2.27 bits per heavy atom. The van der Waals surface area contributed by atoms with Gasteiger partial charge in [0.25, 0.3) is 0 Å². The number of primary amides is 1. The van der Waals surface area contributed by atoms with Crippen LogP contribution in [0, 0.1) is 11.8 Å². The van der Waals surface area contributed by atoms with Gasteiger partial charge in [0.1, 0.15) is 0 Å². The highest BCUT2D eigenvalue weighted by atomic mass is 16.1. The summed E-state index contributed by atoms with van der Waals surface area (Å²) in [4.78, 5) is 13.5. The first-order valence-corrected chi connectivity index (χ1v) is 4.14. The lowest BCUT2D eigenvalue weighted by atomic mass is 10.1.